The summed E-state index contributed by atoms with van der Waals surface area (Å²) in [7, 11) is 0. The molecule has 1 saturated heterocycles. The van der Waals surface area contributed by atoms with Crippen molar-refractivity contribution in [2.75, 3.05) is 4.90 Å². The van der Waals surface area contributed by atoms with Crippen LogP contribution in [0.3, 0.4) is 0 Å². The van der Waals surface area contributed by atoms with Gasteiger partial charge < -0.3 is 5.11 Å². The average Bonchev–Trinajstić information content (AvgIpc) is 3.46. The first-order chi connectivity index (χ1) is 18.2. The van der Waals surface area contributed by atoms with Gasteiger partial charge in [-0.25, -0.2) is 0 Å². The summed E-state index contributed by atoms with van der Waals surface area (Å²) >= 11 is 15.4. The molecule has 10 heteroatoms. The van der Waals surface area contributed by atoms with Crippen molar-refractivity contribution in [2.45, 2.75) is 30.0 Å². The minimum atomic E-state index is -1.01. The van der Waals surface area contributed by atoms with Gasteiger partial charge in [-0.2, -0.15) is 0 Å². The molecule has 1 unspecified atom stereocenters. The van der Waals surface area contributed by atoms with Crippen LogP contribution in [0.15, 0.2) is 76.6 Å². The molecule has 3 aromatic carbocycles. The molecule has 0 radical (unpaired) electrons. The van der Waals surface area contributed by atoms with Gasteiger partial charge in [0.25, 0.3) is 5.78 Å². The van der Waals surface area contributed by atoms with Gasteiger partial charge in [0.15, 0.2) is 4.34 Å². The third-order valence-corrected chi connectivity index (χ3v) is 8.80. The molecule has 0 bridgehead atoms. The molecule has 0 spiro atoms. The summed E-state index contributed by atoms with van der Waals surface area (Å²) < 4.78 is 0.641. The summed E-state index contributed by atoms with van der Waals surface area (Å²) in [6, 6.07) is 19.0. The molecule has 2 heterocycles. The minimum Gasteiger partial charge on any atom is -0.507 e. The zero-order chi connectivity index (χ0) is 27.0. The van der Waals surface area contributed by atoms with E-state index >= 15 is 0 Å². The summed E-state index contributed by atoms with van der Waals surface area (Å²) in [6.07, 6.45) is 0. The number of aromatic nitrogens is 2. The van der Waals surface area contributed by atoms with Crippen LogP contribution in [0.4, 0.5) is 5.13 Å². The molecule has 1 amide bonds. The number of amides is 1. The van der Waals surface area contributed by atoms with Crippen LogP contribution in [0.5, 0.6) is 0 Å². The first-order valence-corrected chi connectivity index (χ1v) is 14.1. The first kappa shape index (κ1) is 26.4. The lowest BCUT2D eigenvalue weighted by Gasteiger charge is -2.23. The highest BCUT2D eigenvalue weighted by Crippen LogP contribution is 2.46. The molecule has 4 aromatic rings. The highest BCUT2D eigenvalue weighted by atomic mass is 35.5. The van der Waals surface area contributed by atoms with Crippen molar-refractivity contribution >= 4 is 68.9 Å². The SMILES string of the molecule is Cc1ccc(CSc2nnc(N3C(=O)C(=O)/C(=C(\O)c4ccc(C)cc4)C3c3ccc(Cl)cc3Cl)s2)cc1. The summed E-state index contributed by atoms with van der Waals surface area (Å²) in [5, 5.41) is 20.6. The van der Waals surface area contributed by atoms with Crippen molar-refractivity contribution in [3.8, 4) is 0 Å². The Morgan fingerprint density at radius 1 is 0.974 bits per heavy atom. The van der Waals surface area contributed by atoms with Gasteiger partial charge in [-0.05, 0) is 37.1 Å². The number of hydrogen-bond acceptors (Lipinski definition) is 7. The number of aryl methyl sites for hydroxylation is 2. The Morgan fingerprint density at radius 3 is 2.29 bits per heavy atom. The Hall–Kier alpha value is -3.17. The number of ketones is 1. The predicted molar refractivity (Wildman–Crippen MR) is 153 cm³/mol. The normalized spacial score (nSPS) is 16.8. The van der Waals surface area contributed by atoms with E-state index in [0.717, 1.165) is 11.1 Å². The van der Waals surface area contributed by atoms with E-state index < -0.39 is 17.7 Å². The fourth-order valence-corrected chi connectivity index (χ4v) is 6.44. The average molecular weight is 583 g/mol. The third kappa shape index (κ3) is 5.22. The van der Waals surface area contributed by atoms with Crippen LogP contribution in [0.1, 0.15) is 33.9 Å². The van der Waals surface area contributed by atoms with E-state index in [4.69, 9.17) is 23.2 Å². The maximum absolute atomic E-state index is 13.4. The van der Waals surface area contributed by atoms with Crippen molar-refractivity contribution in [1.82, 2.24) is 10.2 Å². The fraction of sp³-hybridized carbons (Fsp3) is 0.143. The van der Waals surface area contributed by atoms with Gasteiger partial charge in [0.2, 0.25) is 5.13 Å². The van der Waals surface area contributed by atoms with Crippen LogP contribution in [0, 0.1) is 13.8 Å². The quantitative estimate of drug-likeness (QED) is 0.0840. The standard InChI is InChI=1S/C28H21Cl2N3O3S2/c1-15-3-7-17(8-4-15)14-37-28-32-31-27(38-28)33-23(20-12-11-19(29)13-21(20)30)22(25(35)26(33)36)24(34)18-9-5-16(2)6-10-18/h3-13,23,34H,14H2,1-2H3/b24-22-. The second kappa shape index (κ2) is 10.9. The molecule has 1 N–H and O–H groups in total. The number of thioether (sulfide) groups is 1. The number of hydrogen-bond donors (Lipinski definition) is 1. The summed E-state index contributed by atoms with van der Waals surface area (Å²) in [4.78, 5) is 28.0. The molecule has 1 aliphatic heterocycles. The maximum Gasteiger partial charge on any atom is 0.301 e. The molecule has 1 aromatic heterocycles. The zero-order valence-corrected chi connectivity index (χ0v) is 23.5. The number of halogens is 2. The Labute approximate surface area is 237 Å². The maximum atomic E-state index is 13.4. The number of aliphatic hydroxyl groups is 1. The molecule has 1 fully saturated rings. The number of nitrogens with zero attached hydrogens (tertiary/aromatic N) is 3. The Kier molecular flexibility index (Phi) is 7.59. The molecular formula is C28H21Cl2N3O3S2. The second-order valence-electron chi connectivity index (χ2n) is 8.83. The van der Waals surface area contributed by atoms with E-state index in [9.17, 15) is 14.7 Å². The van der Waals surface area contributed by atoms with Gasteiger partial charge in [0.1, 0.15) is 5.76 Å². The first-order valence-electron chi connectivity index (χ1n) is 11.6. The van der Waals surface area contributed by atoms with E-state index in [2.05, 4.69) is 22.3 Å². The number of rotatable bonds is 6. The van der Waals surface area contributed by atoms with Crippen molar-refractivity contribution in [3.63, 3.8) is 0 Å². The van der Waals surface area contributed by atoms with Crippen LogP contribution in [-0.4, -0.2) is 27.0 Å². The van der Waals surface area contributed by atoms with Gasteiger partial charge in [0.05, 0.1) is 11.6 Å². The lowest BCUT2D eigenvalue weighted by Crippen LogP contribution is -2.29. The van der Waals surface area contributed by atoms with Crippen LogP contribution >= 0.6 is 46.3 Å². The molecule has 1 atom stereocenters. The van der Waals surface area contributed by atoms with E-state index in [-0.39, 0.29) is 21.5 Å². The van der Waals surface area contributed by atoms with Crippen molar-refractivity contribution in [3.05, 3.63) is 110 Å². The van der Waals surface area contributed by atoms with Gasteiger partial charge in [-0.15, -0.1) is 10.2 Å². The molecule has 1 aliphatic rings. The number of aliphatic hydroxyl groups excluding tert-OH is 1. The highest BCUT2D eigenvalue weighted by Gasteiger charge is 2.49. The zero-order valence-electron chi connectivity index (χ0n) is 20.3. The second-order valence-corrected chi connectivity index (χ2v) is 11.8. The van der Waals surface area contributed by atoms with Crippen molar-refractivity contribution in [2.24, 2.45) is 0 Å². The molecule has 5 rings (SSSR count). The number of carbonyl (C=O) groups excluding carboxylic acids is 2. The smallest absolute Gasteiger partial charge is 0.301 e. The monoisotopic (exact) mass is 581 g/mol. The summed E-state index contributed by atoms with van der Waals surface area (Å²) in [5.41, 5.74) is 4.07. The van der Waals surface area contributed by atoms with E-state index in [1.54, 1.807) is 24.3 Å². The molecule has 6 nitrogen and oxygen atoms in total. The van der Waals surface area contributed by atoms with E-state index in [1.165, 1.54) is 39.6 Å². The number of benzene rings is 3. The van der Waals surface area contributed by atoms with Gasteiger partial charge in [-0.3, -0.25) is 14.5 Å². The Bertz CT molecular complexity index is 1570. The largest absolute Gasteiger partial charge is 0.507 e. The van der Waals surface area contributed by atoms with Crippen molar-refractivity contribution in [1.29, 1.82) is 0 Å². The van der Waals surface area contributed by atoms with Crippen LogP contribution in [-0.2, 0) is 15.3 Å². The Balaban J connectivity index is 1.56. The van der Waals surface area contributed by atoms with Gasteiger partial charge in [-0.1, -0.05) is 112 Å². The van der Waals surface area contributed by atoms with Gasteiger partial charge >= 0.3 is 5.91 Å². The van der Waals surface area contributed by atoms with Crippen molar-refractivity contribution < 1.29 is 14.7 Å². The molecule has 192 valence electrons. The molecule has 0 saturated carbocycles. The van der Waals surface area contributed by atoms with Crippen LogP contribution in [0.2, 0.25) is 10.0 Å². The third-order valence-electron chi connectivity index (χ3n) is 6.11. The lowest BCUT2D eigenvalue weighted by atomic mass is 9.95. The highest BCUT2D eigenvalue weighted by molar-refractivity contribution is 8.00. The minimum absolute atomic E-state index is 0.0767. The number of anilines is 1. The topological polar surface area (TPSA) is 83.4 Å². The van der Waals surface area contributed by atoms with E-state index in [0.29, 0.717) is 26.2 Å². The van der Waals surface area contributed by atoms with Crippen LogP contribution < -0.4 is 4.90 Å². The van der Waals surface area contributed by atoms with E-state index in [1.807, 2.05) is 38.1 Å². The lowest BCUT2D eigenvalue weighted by molar-refractivity contribution is -0.132. The summed E-state index contributed by atoms with van der Waals surface area (Å²) in [5.74, 6) is -1.27. The van der Waals surface area contributed by atoms with Gasteiger partial charge in [0, 0.05) is 21.4 Å². The molecule has 38 heavy (non-hydrogen) atoms. The number of carbonyl (C=O) groups is 2. The van der Waals surface area contributed by atoms with Crippen LogP contribution in [0.25, 0.3) is 5.76 Å². The fourth-order valence-electron chi connectivity index (χ4n) is 4.10. The predicted octanol–water partition coefficient (Wildman–Crippen LogP) is 7.38. The Morgan fingerprint density at radius 2 is 1.63 bits per heavy atom. The molecular weight excluding hydrogens is 561 g/mol. The number of Topliss-reactive ketones (excluding diaryl/α,β-unsaturated/α-hetero) is 1. The molecule has 0 aliphatic carbocycles. The summed E-state index contributed by atoms with van der Waals surface area (Å²) in [6.45, 7) is 3.95.